The van der Waals surface area contributed by atoms with Gasteiger partial charge < -0.3 is 4.74 Å². The summed E-state index contributed by atoms with van der Waals surface area (Å²) in [5, 5.41) is 0. The molecule has 1 fully saturated rings. The van der Waals surface area contributed by atoms with Crippen LogP contribution in [0.4, 0.5) is 17.6 Å². The highest BCUT2D eigenvalue weighted by Gasteiger charge is 2.25. The van der Waals surface area contributed by atoms with Crippen LogP contribution in [-0.2, 0) is 0 Å². The second kappa shape index (κ2) is 9.35. The molecular weight excluding hydrogens is 380 g/mol. The fraction of sp³-hybridized carbons (Fsp3) is 0.417. The van der Waals surface area contributed by atoms with Crippen LogP contribution in [0.5, 0.6) is 5.75 Å². The fourth-order valence-electron chi connectivity index (χ4n) is 3.89. The van der Waals surface area contributed by atoms with Crippen LogP contribution in [0.2, 0.25) is 0 Å². The summed E-state index contributed by atoms with van der Waals surface area (Å²) in [5.41, 5.74) is -0.0455. The van der Waals surface area contributed by atoms with E-state index < -0.39 is 23.3 Å². The Labute approximate surface area is 169 Å². The van der Waals surface area contributed by atoms with Gasteiger partial charge in [0.25, 0.3) is 0 Å². The molecule has 0 amide bonds. The molecule has 0 N–H and O–H groups in total. The smallest absolute Gasteiger partial charge is 0.201 e. The van der Waals surface area contributed by atoms with E-state index in [1.807, 2.05) is 0 Å². The lowest BCUT2D eigenvalue weighted by Crippen LogP contribution is -2.14. The third-order valence-electron chi connectivity index (χ3n) is 5.65. The predicted molar refractivity (Wildman–Crippen MR) is 105 cm³/mol. The SMILES string of the molecule is CCOc1ccc(C#Cc2ccc(C3CCC(CC)CC3)c(F)c2F)c(F)c1F. The van der Waals surface area contributed by atoms with Crippen LogP contribution < -0.4 is 4.74 Å². The third kappa shape index (κ3) is 4.58. The van der Waals surface area contributed by atoms with Gasteiger partial charge in [0.2, 0.25) is 5.82 Å². The monoisotopic (exact) mass is 404 g/mol. The molecule has 0 heterocycles. The van der Waals surface area contributed by atoms with E-state index in [1.165, 1.54) is 18.2 Å². The third-order valence-corrected chi connectivity index (χ3v) is 5.65. The molecule has 0 spiro atoms. The highest BCUT2D eigenvalue weighted by molar-refractivity contribution is 5.47. The summed E-state index contributed by atoms with van der Waals surface area (Å²) >= 11 is 0. The maximum absolute atomic E-state index is 14.6. The van der Waals surface area contributed by atoms with Gasteiger partial charge in [-0.25, -0.2) is 13.2 Å². The summed E-state index contributed by atoms with van der Waals surface area (Å²) in [5.74, 6) is 1.01. The normalized spacial score (nSPS) is 18.8. The van der Waals surface area contributed by atoms with Crippen LogP contribution in [-0.4, -0.2) is 6.61 Å². The summed E-state index contributed by atoms with van der Waals surface area (Å²) < 4.78 is 62.2. The fourth-order valence-corrected chi connectivity index (χ4v) is 3.89. The largest absolute Gasteiger partial charge is 0.491 e. The van der Waals surface area contributed by atoms with E-state index in [1.54, 1.807) is 13.0 Å². The van der Waals surface area contributed by atoms with Crippen LogP contribution in [0.1, 0.15) is 68.6 Å². The van der Waals surface area contributed by atoms with Crippen molar-refractivity contribution in [2.75, 3.05) is 6.61 Å². The quantitative estimate of drug-likeness (QED) is 0.406. The summed E-state index contributed by atoms with van der Waals surface area (Å²) in [6, 6.07) is 5.49. The summed E-state index contributed by atoms with van der Waals surface area (Å²) in [7, 11) is 0. The molecule has 0 aromatic heterocycles. The van der Waals surface area contributed by atoms with E-state index >= 15 is 0 Å². The summed E-state index contributed by atoms with van der Waals surface area (Å²) in [6.45, 7) is 4.00. The second-order valence-electron chi connectivity index (χ2n) is 7.38. The number of benzene rings is 2. The van der Waals surface area contributed by atoms with E-state index in [-0.39, 0.29) is 29.4 Å². The van der Waals surface area contributed by atoms with Gasteiger partial charge in [-0.05, 0) is 68.2 Å². The Morgan fingerprint density at radius 1 is 0.793 bits per heavy atom. The average molecular weight is 404 g/mol. The minimum atomic E-state index is -1.17. The van der Waals surface area contributed by atoms with Gasteiger partial charge >= 0.3 is 0 Å². The molecular formula is C24H24F4O. The molecule has 0 atom stereocenters. The van der Waals surface area contributed by atoms with Crippen molar-refractivity contribution >= 4 is 0 Å². The number of halogens is 4. The topological polar surface area (TPSA) is 9.23 Å². The van der Waals surface area contributed by atoms with Crippen LogP contribution in [0, 0.1) is 41.0 Å². The van der Waals surface area contributed by atoms with Gasteiger partial charge in [0.05, 0.1) is 17.7 Å². The van der Waals surface area contributed by atoms with E-state index in [0.717, 1.165) is 32.1 Å². The first-order valence-corrected chi connectivity index (χ1v) is 10.1. The van der Waals surface area contributed by atoms with Crippen LogP contribution in [0.3, 0.4) is 0 Å². The molecule has 1 saturated carbocycles. The van der Waals surface area contributed by atoms with Crippen molar-refractivity contribution < 1.29 is 22.3 Å². The molecule has 2 aromatic carbocycles. The van der Waals surface area contributed by atoms with Gasteiger partial charge in [0, 0.05) is 0 Å². The molecule has 1 nitrogen and oxygen atoms in total. The lowest BCUT2D eigenvalue weighted by Gasteiger charge is -2.28. The van der Waals surface area contributed by atoms with Gasteiger partial charge in [-0.3, -0.25) is 0 Å². The van der Waals surface area contributed by atoms with Gasteiger partial charge in [-0.2, -0.15) is 4.39 Å². The van der Waals surface area contributed by atoms with Crippen LogP contribution >= 0.6 is 0 Å². The Bertz CT molecular complexity index is 934. The van der Waals surface area contributed by atoms with Gasteiger partial charge in [-0.1, -0.05) is 31.3 Å². The predicted octanol–water partition coefficient (Wildman–Crippen LogP) is 6.73. The zero-order valence-electron chi connectivity index (χ0n) is 16.6. The Hall–Kier alpha value is -2.48. The lowest BCUT2D eigenvalue weighted by atomic mass is 9.77. The Balaban J connectivity index is 1.84. The first-order valence-electron chi connectivity index (χ1n) is 10.1. The second-order valence-corrected chi connectivity index (χ2v) is 7.38. The van der Waals surface area contributed by atoms with Crippen molar-refractivity contribution in [1.29, 1.82) is 0 Å². The van der Waals surface area contributed by atoms with Crippen molar-refractivity contribution in [1.82, 2.24) is 0 Å². The number of rotatable bonds is 4. The average Bonchev–Trinajstić information content (AvgIpc) is 2.74. The van der Waals surface area contributed by atoms with Crippen molar-refractivity contribution in [2.24, 2.45) is 5.92 Å². The Kier molecular flexibility index (Phi) is 6.84. The lowest BCUT2D eigenvalue weighted by molar-refractivity contribution is 0.312. The molecule has 0 unspecified atom stereocenters. The van der Waals surface area contributed by atoms with Crippen molar-refractivity contribution in [3.05, 3.63) is 64.2 Å². The molecule has 5 heteroatoms. The number of ether oxygens (including phenoxy) is 1. The molecule has 154 valence electrons. The highest BCUT2D eigenvalue weighted by atomic mass is 19.2. The molecule has 2 aromatic rings. The van der Waals surface area contributed by atoms with Crippen LogP contribution in [0.25, 0.3) is 0 Å². The van der Waals surface area contributed by atoms with Crippen molar-refractivity contribution in [2.45, 2.75) is 51.9 Å². The molecule has 0 aliphatic heterocycles. The molecule has 29 heavy (non-hydrogen) atoms. The maximum Gasteiger partial charge on any atom is 0.201 e. The zero-order valence-corrected chi connectivity index (χ0v) is 16.6. The molecule has 0 radical (unpaired) electrons. The van der Waals surface area contributed by atoms with E-state index in [4.69, 9.17) is 4.74 Å². The summed E-state index contributed by atoms with van der Waals surface area (Å²) in [6.07, 6.45) is 4.84. The van der Waals surface area contributed by atoms with Gasteiger partial charge in [0.1, 0.15) is 0 Å². The first kappa shape index (κ1) is 21.2. The number of hydrogen-bond acceptors (Lipinski definition) is 1. The first-order chi connectivity index (χ1) is 14.0. The standard InChI is InChI=1S/C24H24F4O/c1-3-15-5-7-16(8-6-15)19-13-11-17(21(25)23(19)27)9-10-18-12-14-20(29-4-2)24(28)22(18)26/h11-16H,3-8H2,1-2H3. The van der Waals surface area contributed by atoms with Gasteiger partial charge in [-0.15, -0.1) is 0 Å². The van der Waals surface area contributed by atoms with Crippen molar-refractivity contribution in [3.8, 4) is 17.6 Å². The minimum absolute atomic E-state index is 0.00644. The Morgan fingerprint density at radius 3 is 1.97 bits per heavy atom. The maximum atomic E-state index is 14.6. The van der Waals surface area contributed by atoms with Crippen LogP contribution in [0.15, 0.2) is 24.3 Å². The minimum Gasteiger partial charge on any atom is -0.491 e. The van der Waals surface area contributed by atoms with E-state index in [0.29, 0.717) is 11.5 Å². The Morgan fingerprint density at radius 2 is 1.38 bits per heavy atom. The summed E-state index contributed by atoms with van der Waals surface area (Å²) in [4.78, 5) is 0. The zero-order chi connectivity index (χ0) is 21.0. The van der Waals surface area contributed by atoms with E-state index in [9.17, 15) is 17.6 Å². The molecule has 3 rings (SSSR count). The number of hydrogen-bond donors (Lipinski definition) is 0. The highest BCUT2D eigenvalue weighted by Crippen LogP contribution is 2.38. The van der Waals surface area contributed by atoms with Gasteiger partial charge in [0.15, 0.2) is 23.2 Å². The molecule has 0 saturated heterocycles. The van der Waals surface area contributed by atoms with E-state index in [2.05, 4.69) is 18.8 Å². The molecule has 0 bridgehead atoms. The molecule has 1 aliphatic carbocycles. The molecule has 1 aliphatic rings. The van der Waals surface area contributed by atoms with Crippen molar-refractivity contribution in [3.63, 3.8) is 0 Å².